The topological polar surface area (TPSA) is 64.6 Å². The second-order valence-electron chi connectivity index (χ2n) is 7.43. The monoisotopic (exact) mass is 423 g/mol. The van der Waals surface area contributed by atoms with E-state index in [1.54, 1.807) is 12.1 Å². The molecule has 5 nitrogen and oxygen atoms in total. The summed E-state index contributed by atoms with van der Waals surface area (Å²) in [5.74, 6) is -0.139. The molecule has 6 heteroatoms. The Labute approximate surface area is 163 Å². The Morgan fingerprint density at radius 2 is 1.85 bits per heavy atom. The molecule has 0 aromatic heterocycles. The highest BCUT2D eigenvalue weighted by Crippen LogP contribution is 2.36. The highest BCUT2D eigenvalue weighted by molar-refractivity contribution is 9.11. The predicted molar refractivity (Wildman–Crippen MR) is 105 cm³/mol. The van der Waals surface area contributed by atoms with Crippen molar-refractivity contribution in [2.75, 3.05) is 7.11 Å². The number of carbonyl (C=O) groups excluding carboxylic acids is 2. The van der Waals surface area contributed by atoms with Crippen molar-refractivity contribution in [2.24, 2.45) is 5.92 Å². The van der Waals surface area contributed by atoms with Crippen molar-refractivity contribution in [1.82, 2.24) is 5.32 Å². The molecule has 1 N–H and O–H groups in total. The molecule has 1 fully saturated rings. The van der Waals surface area contributed by atoms with Crippen LogP contribution >= 0.6 is 15.9 Å². The maximum atomic E-state index is 12.1. The SMILES string of the molecule is COC(=O)c1ccc(C=C(Br)[C@H]2CCCC2NC(=O)OC(C)(C)C)cc1. The average molecular weight is 424 g/mol. The summed E-state index contributed by atoms with van der Waals surface area (Å²) in [6.07, 6.45) is 4.62. The molecule has 1 amide bonds. The van der Waals surface area contributed by atoms with Crippen molar-refractivity contribution in [3.63, 3.8) is 0 Å². The van der Waals surface area contributed by atoms with Crippen LogP contribution in [0.5, 0.6) is 0 Å². The van der Waals surface area contributed by atoms with E-state index >= 15 is 0 Å². The number of hydrogen-bond donors (Lipinski definition) is 1. The lowest BCUT2D eigenvalue weighted by atomic mass is 10.0. The first-order chi connectivity index (χ1) is 12.2. The van der Waals surface area contributed by atoms with Crippen molar-refractivity contribution >= 4 is 34.1 Å². The molecule has 1 saturated carbocycles. The van der Waals surface area contributed by atoms with Gasteiger partial charge in [0.25, 0.3) is 0 Å². The lowest BCUT2D eigenvalue weighted by Crippen LogP contribution is -2.40. The first-order valence-corrected chi connectivity index (χ1v) is 9.54. The van der Waals surface area contributed by atoms with Crippen molar-refractivity contribution in [3.05, 3.63) is 39.9 Å². The molecule has 0 radical (unpaired) electrons. The summed E-state index contributed by atoms with van der Waals surface area (Å²) in [4.78, 5) is 23.6. The molecule has 1 aromatic rings. The Kier molecular flexibility index (Phi) is 6.87. The summed E-state index contributed by atoms with van der Waals surface area (Å²) in [6, 6.07) is 7.27. The van der Waals surface area contributed by atoms with Crippen molar-refractivity contribution in [1.29, 1.82) is 0 Å². The van der Waals surface area contributed by atoms with E-state index < -0.39 is 5.60 Å². The molecule has 0 spiro atoms. The van der Waals surface area contributed by atoms with Crippen LogP contribution in [0.4, 0.5) is 4.79 Å². The quantitative estimate of drug-likeness (QED) is 0.699. The third kappa shape index (κ3) is 5.87. The minimum atomic E-state index is -0.507. The van der Waals surface area contributed by atoms with Gasteiger partial charge in [-0.1, -0.05) is 34.5 Å². The van der Waals surface area contributed by atoms with Crippen molar-refractivity contribution < 1.29 is 19.1 Å². The van der Waals surface area contributed by atoms with Crippen LogP contribution in [0.1, 0.15) is 56.0 Å². The lowest BCUT2D eigenvalue weighted by molar-refractivity contribution is 0.0497. The first kappa shape index (κ1) is 20.5. The Morgan fingerprint density at radius 3 is 2.42 bits per heavy atom. The molecule has 1 aliphatic carbocycles. The summed E-state index contributed by atoms with van der Waals surface area (Å²) in [5.41, 5.74) is 0.991. The van der Waals surface area contributed by atoms with Gasteiger partial charge in [-0.2, -0.15) is 0 Å². The number of hydrogen-bond acceptors (Lipinski definition) is 4. The van der Waals surface area contributed by atoms with Gasteiger partial charge < -0.3 is 14.8 Å². The largest absolute Gasteiger partial charge is 0.465 e. The smallest absolute Gasteiger partial charge is 0.407 e. The highest BCUT2D eigenvalue weighted by Gasteiger charge is 2.31. The summed E-state index contributed by atoms with van der Waals surface area (Å²) in [7, 11) is 1.37. The molecular formula is C20H26BrNO4. The molecule has 0 saturated heterocycles. The molecule has 1 aliphatic rings. The molecule has 1 unspecified atom stereocenters. The van der Waals surface area contributed by atoms with Crippen molar-refractivity contribution in [3.8, 4) is 0 Å². The first-order valence-electron chi connectivity index (χ1n) is 8.74. The van der Waals surface area contributed by atoms with Gasteiger partial charge in [0.15, 0.2) is 0 Å². The van der Waals surface area contributed by atoms with E-state index in [9.17, 15) is 9.59 Å². The van der Waals surface area contributed by atoms with Crippen LogP contribution in [-0.2, 0) is 9.47 Å². The minimum absolute atomic E-state index is 0.0461. The van der Waals surface area contributed by atoms with E-state index in [1.807, 2.05) is 39.0 Å². The van der Waals surface area contributed by atoms with Crippen LogP contribution in [0, 0.1) is 5.92 Å². The van der Waals surface area contributed by atoms with Gasteiger partial charge in [-0.05, 0) is 57.4 Å². The molecule has 2 rings (SSSR count). The molecule has 0 heterocycles. The average Bonchev–Trinajstić information content (AvgIpc) is 3.01. The minimum Gasteiger partial charge on any atom is -0.465 e. The number of ether oxygens (including phenoxy) is 2. The maximum Gasteiger partial charge on any atom is 0.407 e. The number of amides is 1. The van der Waals surface area contributed by atoms with Gasteiger partial charge in [-0.25, -0.2) is 9.59 Å². The second kappa shape index (κ2) is 8.71. The maximum absolute atomic E-state index is 12.1. The number of alkyl carbamates (subject to hydrolysis) is 1. The van der Waals surface area contributed by atoms with E-state index in [-0.39, 0.29) is 24.0 Å². The number of carbonyl (C=O) groups is 2. The molecule has 2 atom stereocenters. The van der Waals surface area contributed by atoms with Crippen LogP contribution in [0.15, 0.2) is 28.7 Å². The fourth-order valence-electron chi connectivity index (χ4n) is 3.02. The van der Waals surface area contributed by atoms with Crippen LogP contribution in [0.25, 0.3) is 6.08 Å². The van der Waals surface area contributed by atoms with E-state index in [2.05, 4.69) is 21.2 Å². The van der Waals surface area contributed by atoms with Gasteiger partial charge in [-0.3, -0.25) is 0 Å². The summed E-state index contributed by atoms with van der Waals surface area (Å²) >= 11 is 3.67. The van der Waals surface area contributed by atoms with Gasteiger partial charge in [-0.15, -0.1) is 0 Å². The van der Waals surface area contributed by atoms with Gasteiger partial charge in [0.1, 0.15) is 5.60 Å². The number of halogens is 1. The molecular weight excluding hydrogens is 398 g/mol. The van der Waals surface area contributed by atoms with E-state index in [4.69, 9.17) is 9.47 Å². The van der Waals surface area contributed by atoms with Crippen LogP contribution in [-0.4, -0.2) is 30.8 Å². The third-order valence-electron chi connectivity index (χ3n) is 4.21. The standard InChI is InChI=1S/C20H26BrNO4/c1-20(2,3)26-19(24)22-17-7-5-6-15(17)16(21)12-13-8-10-14(11-9-13)18(23)25-4/h8-12,15,17H,5-7H2,1-4H3,(H,22,24)/t15-,17?/m1/s1. The fourth-order valence-corrected chi connectivity index (χ4v) is 3.83. The normalized spacial score (nSPS) is 20.6. The zero-order chi connectivity index (χ0) is 19.3. The Balaban J connectivity index is 2.04. The van der Waals surface area contributed by atoms with E-state index in [1.165, 1.54) is 7.11 Å². The Bertz CT molecular complexity index is 676. The molecule has 1 aromatic carbocycles. The number of nitrogens with one attached hydrogen (secondary N) is 1. The zero-order valence-corrected chi connectivity index (χ0v) is 17.3. The fraction of sp³-hybridized carbons (Fsp3) is 0.500. The second-order valence-corrected chi connectivity index (χ2v) is 8.35. The summed E-state index contributed by atoms with van der Waals surface area (Å²) in [6.45, 7) is 5.56. The molecule has 0 aliphatic heterocycles. The van der Waals surface area contributed by atoms with Crippen LogP contribution < -0.4 is 5.32 Å². The number of benzene rings is 1. The number of methoxy groups -OCH3 is 1. The van der Waals surface area contributed by atoms with Gasteiger partial charge >= 0.3 is 12.1 Å². The number of rotatable bonds is 4. The highest BCUT2D eigenvalue weighted by atomic mass is 79.9. The Hall–Kier alpha value is -1.82. The van der Waals surface area contributed by atoms with Crippen LogP contribution in [0.2, 0.25) is 0 Å². The third-order valence-corrected chi connectivity index (χ3v) is 5.03. The van der Waals surface area contributed by atoms with Gasteiger partial charge in [0.05, 0.1) is 12.7 Å². The molecule has 26 heavy (non-hydrogen) atoms. The lowest BCUT2D eigenvalue weighted by Gasteiger charge is -2.24. The molecule has 142 valence electrons. The van der Waals surface area contributed by atoms with Crippen molar-refractivity contribution in [2.45, 2.75) is 51.7 Å². The van der Waals surface area contributed by atoms with Crippen LogP contribution in [0.3, 0.4) is 0 Å². The van der Waals surface area contributed by atoms with Gasteiger partial charge in [0.2, 0.25) is 0 Å². The Morgan fingerprint density at radius 1 is 1.19 bits per heavy atom. The summed E-state index contributed by atoms with van der Waals surface area (Å²) in [5, 5.41) is 2.99. The number of esters is 1. The van der Waals surface area contributed by atoms with Gasteiger partial charge in [0, 0.05) is 16.4 Å². The predicted octanol–water partition coefficient (Wildman–Crippen LogP) is 4.90. The zero-order valence-electron chi connectivity index (χ0n) is 15.7. The summed E-state index contributed by atoms with van der Waals surface area (Å²) < 4.78 is 11.1. The van der Waals surface area contributed by atoms with E-state index in [0.717, 1.165) is 29.3 Å². The molecule has 0 bridgehead atoms. The van der Waals surface area contributed by atoms with E-state index in [0.29, 0.717) is 5.56 Å².